The maximum Gasteiger partial charge on any atom is 0.356 e. The van der Waals surface area contributed by atoms with E-state index in [1.807, 2.05) is 10.2 Å². The van der Waals surface area contributed by atoms with Gasteiger partial charge in [0.15, 0.2) is 0 Å². The first kappa shape index (κ1) is 11.9. The molecule has 0 atom stereocenters. The number of nitrogens with zero attached hydrogens (tertiary/aromatic N) is 1. The summed E-state index contributed by atoms with van der Waals surface area (Å²) < 4.78 is 17.4. The molecule has 16 heavy (non-hydrogen) atoms. The number of rotatable bonds is 2. The number of halogens is 1. The van der Waals surface area contributed by atoms with Crippen LogP contribution >= 0.6 is 28.6 Å². The SMILES string of the molecule is C=C(c1ccc2c(c1)C=CI=N2)P(=O)(O)O. The number of hydrogen-bond acceptors (Lipinski definition) is 2. The third kappa shape index (κ3) is 2.38. The van der Waals surface area contributed by atoms with Gasteiger partial charge in [0.25, 0.3) is 0 Å². The molecule has 1 heterocycles. The molecule has 1 aromatic rings. The Morgan fingerprint density at radius 2 is 2.19 bits per heavy atom. The monoisotopic (exact) mass is 349 g/mol. The van der Waals surface area contributed by atoms with Crippen LogP contribution in [0.4, 0.5) is 5.69 Å². The molecule has 0 radical (unpaired) electrons. The van der Waals surface area contributed by atoms with Crippen molar-refractivity contribution < 1.29 is 14.4 Å². The minimum Gasteiger partial charge on any atom is -0.321 e. The van der Waals surface area contributed by atoms with Crippen molar-refractivity contribution in [3.8, 4) is 0 Å². The highest BCUT2D eigenvalue weighted by Gasteiger charge is 2.20. The molecule has 0 aromatic heterocycles. The summed E-state index contributed by atoms with van der Waals surface area (Å²) in [5, 5.41) is -0.149. The first-order valence-corrected chi connectivity index (χ1v) is 8.20. The molecule has 84 valence electrons. The van der Waals surface area contributed by atoms with Gasteiger partial charge in [0, 0.05) is 26.6 Å². The van der Waals surface area contributed by atoms with E-state index in [4.69, 9.17) is 9.79 Å². The Hall–Kier alpha value is -0.620. The molecule has 1 aliphatic rings. The highest BCUT2D eigenvalue weighted by atomic mass is 127. The van der Waals surface area contributed by atoms with Gasteiger partial charge in [0.1, 0.15) is 0 Å². The van der Waals surface area contributed by atoms with E-state index in [-0.39, 0.29) is 26.3 Å². The second-order valence-corrected chi connectivity index (χ2v) is 6.63. The summed E-state index contributed by atoms with van der Waals surface area (Å²) in [6, 6.07) is 5.13. The Labute approximate surface area is 103 Å². The van der Waals surface area contributed by atoms with Crippen molar-refractivity contribution >= 4 is 45.7 Å². The molecular weight excluding hydrogens is 340 g/mol. The molecule has 0 bridgehead atoms. The summed E-state index contributed by atoms with van der Waals surface area (Å²) in [5.41, 5.74) is 2.24. The van der Waals surface area contributed by atoms with Gasteiger partial charge in [-0.15, -0.1) is 0 Å². The zero-order valence-corrected chi connectivity index (χ0v) is 11.2. The normalized spacial score (nSPS) is 14.1. The predicted octanol–water partition coefficient (Wildman–Crippen LogP) is 3.61. The standard InChI is InChI=1S/C10H9INO3P/c1-7(16(13,14)15)8-2-3-10-9(6-8)4-5-11-12-10/h2-6H,1H2,(H2,13,14,15). The molecule has 0 saturated carbocycles. The van der Waals surface area contributed by atoms with Gasteiger partial charge < -0.3 is 9.79 Å². The van der Waals surface area contributed by atoms with E-state index in [9.17, 15) is 4.57 Å². The molecule has 1 aromatic carbocycles. The minimum atomic E-state index is -4.26. The van der Waals surface area contributed by atoms with E-state index in [1.54, 1.807) is 18.2 Å². The van der Waals surface area contributed by atoms with Crippen molar-refractivity contribution in [2.75, 3.05) is 0 Å². The van der Waals surface area contributed by atoms with Crippen LogP contribution in [0.2, 0.25) is 0 Å². The zero-order chi connectivity index (χ0) is 11.8. The Balaban J connectivity index is 2.47. The Bertz CT molecular complexity index is 559. The van der Waals surface area contributed by atoms with Crippen LogP contribution in [-0.2, 0) is 4.57 Å². The van der Waals surface area contributed by atoms with Crippen molar-refractivity contribution in [3.63, 3.8) is 0 Å². The number of hydrogen-bond donors (Lipinski definition) is 2. The molecule has 2 rings (SSSR count). The van der Waals surface area contributed by atoms with Gasteiger partial charge >= 0.3 is 7.60 Å². The van der Waals surface area contributed by atoms with Crippen LogP contribution in [0.3, 0.4) is 0 Å². The maximum absolute atomic E-state index is 11.1. The molecule has 0 fully saturated rings. The van der Waals surface area contributed by atoms with Gasteiger partial charge in [-0.25, -0.2) is 3.15 Å². The lowest BCUT2D eigenvalue weighted by Crippen LogP contribution is -1.87. The van der Waals surface area contributed by atoms with Gasteiger partial charge in [0.05, 0.1) is 11.0 Å². The average Bonchev–Trinajstić information content (AvgIpc) is 2.26. The topological polar surface area (TPSA) is 69.9 Å². The van der Waals surface area contributed by atoms with Crippen molar-refractivity contribution in [2.24, 2.45) is 3.15 Å². The summed E-state index contributed by atoms with van der Waals surface area (Å²) >= 11 is -0.255. The second kappa shape index (κ2) is 4.33. The summed E-state index contributed by atoms with van der Waals surface area (Å²) in [4.78, 5) is 18.0. The molecule has 0 unspecified atom stereocenters. The van der Waals surface area contributed by atoms with Gasteiger partial charge in [0.2, 0.25) is 0 Å². The zero-order valence-electron chi connectivity index (χ0n) is 8.17. The van der Waals surface area contributed by atoms with Gasteiger partial charge in [-0.1, -0.05) is 12.6 Å². The largest absolute Gasteiger partial charge is 0.356 e. The van der Waals surface area contributed by atoms with Crippen LogP contribution in [-0.4, -0.2) is 9.79 Å². The van der Waals surface area contributed by atoms with E-state index in [2.05, 4.69) is 9.72 Å². The highest BCUT2D eigenvalue weighted by molar-refractivity contribution is 14.2. The number of benzene rings is 1. The van der Waals surface area contributed by atoms with Crippen LogP contribution < -0.4 is 0 Å². The van der Waals surface area contributed by atoms with Gasteiger partial charge in [-0.05, 0) is 27.9 Å². The summed E-state index contributed by atoms with van der Waals surface area (Å²) in [5.74, 6) is 0. The third-order valence-electron chi connectivity index (χ3n) is 2.15. The smallest absolute Gasteiger partial charge is 0.321 e. The van der Waals surface area contributed by atoms with E-state index in [0.29, 0.717) is 5.56 Å². The molecular formula is C10H9INO3P. The second-order valence-electron chi connectivity index (χ2n) is 3.24. The summed E-state index contributed by atoms with van der Waals surface area (Å²) in [7, 11) is -4.26. The molecule has 0 spiro atoms. The summed E-state index contributed by atoms with van der Waals surface area (Å²) in [6.45, 7) is 3.43. The molecule has 2 N–H and O–H groups in total. The predicted molar refractivity (Wildman–Crippen MR) is 72.7 cm³/mol. The van der Waals surface area contributed by atoms with Crippen LogP contribution in [0.5, 0.6) is 0 Å². The van der Waals surface area contributed by atoms with E-state index in [1.165, 1.54) is 0 Å². The molecule has 6 heteroatoms. The molecule has 0 amide bonds. The Morgan fingerprint density at radius 3 is 2.88 bits per heavy atom. The fraction of sp³-hybridized carbons (Fsp3) is 0. The first-order valence-electron chi connectivity index (χ1n) is 4.38. The van der Waals surface area contributed by atoms with E-state index in [0.717, 1.165) is 11.3 Å². The highest BCUT2D eigenvalue weighted by Crippen LogP contribution is 2.50. The first-order chi connectivity index (χ1) is 7.48. The van der Waals surface area contributed by atoms with E-state index >= 15 is 0 Å². The fourth-order valence-corrected chi connectivity index (χ4v) is 3.21. The van der Waals surface area contributed by atoms with Gasteiger partial charge in [-0.3, -0.25) is 4.57 Å². The minimum absolute atomic E-state index is 0.149. The molecule has 0 saturated heterocycles. The average molecular weight is 349 g/mol. The summed E-state index contributed by atoms with van der Waals surface area (Å²) in [6.07, 6.45) is 1.94. The fourth-order valence-electron chi connectivity index (χ4n) is 1.29. The third-order valence-corrected chi connectivity index (χ3v) is 4.59. The lowest BCUT2D eigenvalue weighted by atomic mass is 10.1. The molecule has 0 aliphatic carbocycles. The number of fused-ring (bicyclic) bond motifs is 1. The van der Waals surface area contributed by atoms with Crippen LogP contribution in [0.25, 0.3) is 11.4 Å². The van der Waals surface area contributed by atoms with Crippen LogP contribution in [0.1, 0.15) is 11.1 Å². The van der Waals surface area contributed by atoms with Crippen molar-refractivity contribution in [1.29, 1.82) is 0 Å². The van der Waals surface area contributed by atoms with Crippen molar-refractivity contribution in [2.45, 2.75) is 0 Å². The van der Waals surface area contributed by atoms with Crippen molar-refractivity contribution in [3.05, 3.63) is 40.0 Å². The van der Waals surface area contributed by atoms with Crippen LogP contribution in [0, 0.1) is 0 Å². The van der Waals surface area contributed by atoms with E-state index < -0.39 is 7.60 Å². The quantitative estimate of drug-likeness (QED) is 0.633. The van der Waals surface area contributed by atoms with Gasteiger partial charge in [-0.2, -0.15) is 0 Å². The molecule has 4 nitrogen and oxygen atoms in total. The Morgan fingerprint density at radius 1 is 1.44 bits per heavy atom. The van der Waals surface area contributed by atoms with Crippen molar-refractivity contribution in [1.82, 2.24) is 0 Å². The lowest BCUT2D eigenvalue weighted by Gasteiger charge is -2.10. The Kier molecular flexibility index (Phi) is 3.21. The molecule has 1 aliphatic heterocycles. The van der Waals surface area contributed by atoms with Crippen LogP contribution in [0.15, 0.2) is 32.0 Å². The maximum atomic E-state index is 11.1. The lowest BCUT2D eigenvalue weighted by molar-refractivity contribution is 0.388.